The average Bonchev–Trinajstić information content (AvgIpc) is 2.38. The molecule has 1 aromatic carbocycles. The van der Waals surface area contributed by atoms with Gasteiger partial charge >= 0.3 is 0 Å². The third-order valence-corrected chi connectivity index (χ3v) is 2.80. The third-order valence-electron chi connectivity index (χ3n) is 2.80. The van der Waals surface area contributed by atoms with Gasteiger partial charge in [-0.2, -0.15) is 0 Å². The quantitative estimate of drug-likeness (QED) is 0.617. The van der Waals surface area contributed by atoms with Crippen molar-refractivity contribution in [1.82, 2.24) is 0 Å². The summed E-state index contributed by atoms with van der Waals surface area (Å²) in [6.45, 7) is 0. The molecule has 0 aromatic heterocycles. The van der Waals surface area contributed by atoms with E-state index in [0.29, 0.717) is 0 Å². The van der Waals surface area contributed by atoms with E-state index in [2.05, 4.69) is 0 Å². The van der Waals surface area contributed by atoms with E-state index in [0.717, 1.165) is 0 Å². The summed E-state index contributed by atoms with van der Waals surface area (Å²) in [5, 5.41) is 9.15. The van der Waals surface area contributed by atoms with Gasteiger partial charge in [0.05, 0.1) is 11.1 Å². The molecule has 1 nitrogen and oxygen atoms in total. The monoisotopic (exact) mass is 316 g/mol. The summed E-state index contributed by atoms with van der Waals surface area (Å²) in [5.41, 5.74) is -4.27. The van der Waals surface area contributed by atoms with Crippen LogP contribution in [0, 0.1) is 23.3 Å². The van der Waals surface area contributed by atoms with Crippen molar-refractivity contribution < 1.29 is 40.2 Å². The fourth-order valence-electron chi connectivity index (χ4n) is 1.80. The molecule has 0 fully saturated rings. The molecule has 0 heterocycles. The molecule has 21 heavy (non-hydrogen) atoms. The Kier molecular flexibility index (Phi) is 3.56. The molecule has 0 spiro atoms. The minimum absolute atomic E-state index is 0.272. The second kappa shape index (κ2) is 4.83. The lowest BCUT2D eigenvalue weighted by Crippen LogP contribution is -2.38. The summed E-state index contributed by atoms with van der Waals surface area (Å²) in [6.07, 6.45) is -3.57. The summed E-state index contributed by atoms with van der Waals surface area (Å²) in [7, 11) is 0. The van der Waals surface area contributed by atoms with Crippen LogP contribution in [0.15, 0.2) is 23.8 Å². The summed E-state index contributed by atoms with van der Waals surface area (Å²) < 4.78 is 107. The lowest BCUT2D eigenvalue weighted by molar-refractivity contribution is -0.0795. The lowest BCUT2D eigenvalue weighted by Gasteiger charge is -2.28. The van der Waals surface area contributed by atoms with Crippen LogP contribution in [-0.4, -0.2) is 17.1 Å². The second-order valence-electron chi connectivity index (χ2n) is 4.12. The maximum absolute atomic E-state index is 13.8. The fourth-order valence-corrected chi connectivity index (χ4v) is 1.80. The molecule has 1 N–H and O–H groups in total. The maximum Gasteiger partial charge on any atom is 0.272 e. The molecule has 2 unspecified atom stereocenters. The Bertz CT molecular complexity index is 650. The molecule has 1 aromatic rings. The zero-order chi connectivity index (χ0) is 16.1. The molecule has 0 aliphatic heterocycles. The Balaban J connectivity index is 2.88. The van der Waals surface area contributed by atoms with E-state index in [9.17, 15) is 35.1 Å². The van der Waals surface area contributed by atoms with Crippen LogP contribution in [0.25, 0.3) is 5.57 Å². The number of aliphatic hydroxyl groups is 1. The minimum atomic E-state index is -4.42. The van der Waals surface area contributed by atoms with Crippen molar-refractivity contribution in [1.29, 1.82) is 0 Å². The fraction of sp³-hybridized carbons (Fsp3) is 0.167. The summed E-state index contributed by atoms with van der Waals surface area (Å²) in [4.78, 5) is 0. The van der Waals surface area contributed by atoms with Gasteiger partial charge in [0, 0.05) is 6.07 Å². The van der Waals surface area contributed by atoms with E-state index in [-0.39, 0.29) is 12.1 Å². The highest BCUT2D eigenvalue weighted by molar-refractivity contribution is 5.78. The molecule has 1 aliphatic carbocycles. The Labute approximate surface area is 111 Å². The molecule has 114 valence electrons. The predicted molar refractivity (Wildman–Crippen MR) is 54.4 cm³/mol. The molecule has 0 radical (unpaired) electrons. The van der Waals surface area contributed by atoms with Gasteiger partial charge in [-0.15, -0.1) is 0 Å². The molecular formula is C12H4F8O. The average molecular weight is 316 g/mol. The van der Waals surface area contributed by atoms with E-state index < -0.39 is 58.1 Å². The first-order valence-electron chi connectivity index (χ1n) is 5.25. The normalized spacial score (nSPS) is 26.1. The molecule has 0 amide bonds. The number of benzene rings is 1. The topological polar surface area (TPSA) is 20.2 Å². The minimum Gasteiger partial charge on any atom is -0.356 e. The van der Waals surface area contributed by atoms with Gasteiger partial charge in [-0.25, -0.2) is 35.1 Å². The summed E-state index contributed by atoms with van der Waals surface area (Å²) in [6, 6.07) is -0.272. The van der Waals surface area contributed by atoms with Crippen molar-refractivity contribution in [2.24, 2.45) is 0 Å². The lowest BCUT2D eigenvalue weighted by atomic mass is 9.89. The van der Waals surface area contributed by atoms with E-state index in [1.54, 1.807) is 0 Å². The van der Waals surface area contributed by atoms with Gasteiger partial charge in [0.15, 0.2) is 41.1 Å². The molecule has 9 heteroatoms. The van der Waals surface area contributed by atoms with Crippen molar-refractivity contribution in [3.05, 3.63) is 52.6 Å². The van der Waals surface area contributed by atoms with Gasteiger partial charge < -0.3 is 5.11 Å². The molecule has 0 saturated carbocycles. The van der Waals surface area contributed by atoms with Gasteiger partial charge in [-0.1, -0.05) is 0 Å². The largest absolute Gasteiger partial charge is 0.356 e. The van der Waals surface area contributed by atoms with Gasteiger partial charge in [0.1, 0.15) is 0 Å². The number of rotatable bonds is 1. The predicted octanol–water partition coefficient (Wildman–Crippen LogP) is 3.79. The highest BCUT2D eigenvalue weighted by Gasteiger charge is 2.49. The van der Waals surface area contributed by atoms with Crippen molar-refractivity contribution in [3.63, 3.8) is 0 Å². The Morgan fingerprint density at radius 1 is 0.952 bits per heavy atom. The molecular weight excluding hydrogens is 312 g/mol. The van der Waals surface area contributed by atoms with Crippen LogP contribution in [0.4, 0.5) is 35.1 Å². The van der Waals surface area contributed by atoms with Gasteiger partial charge in [-0.05, 0) is 6.08 Å². The number of hydrogen-bond donors (Lipinski definition) is 1. The van der Waals surface area contributed by atoms with E-state index >= 15 is 0 Å². The van der Waals surface area contributed by atoms with Crippen LogP contribution in [0.3, 0.4) is 0 Å². The van der Waals surface area contributed by atoms with Gasteiger partial charge in [-0.3, -0.25) is 0 Å². The molecule has 2 rings (SSSR count). The van der Waals surface area contributed by atoms with E-state index in [1.165, 1.54) is 0 Å². The number of hydrogen-bond acceptors (Lipinski definition) is 1. The number of halogens is 8. The molecule has 2 atom stereocenters. The first-order valence-corrected chi connectivity index (χ1v) is 5.25. The van der Waals surface area contributed by atoms with Crippen LogP contribution >= 0.6 is 0 Å². The Morgan fingerprint density at radius 3 is 1.90 bits per heavy atom. The van der Waals surface area contributed by atoms with Crippen LogP contribution in [0.2, 0.25) is 0 Å². The van der Waals surface area contributed by atoms with Gasteiger partial charge in [0.25, 0.3) is 5.85 Å². The first kappa shape index (κ1) is 15.5. The first-order chi connectivity index (χ1) is 9.59. The molecule has 1 aliphatic rings. The summed E-state index contributed by atoms with van der Waals surface area (Å²) >= 11 is 0. The van der Waals surface area contributed by atoms with Crippen molar-refractivity contribution >= 4 is 5.57 Å². The maximum atomic E-state index is 13.8. The van der Waals surface area contributed by atoms with Crippen LogP contribution in [0.5, 0.6) is 0 Å². The van der Waals surface area contributed by atoms with Crippen LogP contribution in [0.1, 0.15) is 5.56 Å². The van der Waals surface area contributed by atoms with E-state index in [1.807, 2.05) is 0 Å². The van der Waals surface area contributed by atoms with E-state index in [4.69, 9.17) is 5.11 Å². The van der Waals surface area contributed by atoms with Crippen molar-refractivity contribution in [2.75, 3.05) is 0 Å². The highest BCUT2D eigenvalue weighted by atomic mass is 19.2. The zero-order valence-corrected chi connectivity index (χ0v) is 9.70. The van der Waals surface area contributed by atoms with Crippen LogP contribution in [-0.2, 0) is 0 Å². The zero-order valence-electron chi connectivity index (χ0n) is 9.70. The van der Waals surface area contributed by atoms with Crippen LogP contribution < -0.4 is 0 Å². The second-order valence-corrected chi connectivity index (χ2v) is 4.12. The Morgan fingerprint density at radius 2 is 1.43 bits per heavy atom. The highest BCUT2D eigenvalue weighted by Crippen LogP contribution is 2.45. The third kappa shape index (κ3) is 2.21. The van der Waals surface area contributed by atoms with Gasteiger partial charge in [0.2, 0.25) is 0 Å². The summed E-state index contributed by atoms with van der Waals surface area (Å²) in [5.74, 6) is -17.6. The van der Waals surface area contributed by atoms with Crippen molar-refractivity contribution in [3.8, 4) is 0 Å². The Hall–Kier alpha value is -1.90. The standard InChI is InChI=1S/C12H4F8O/c13-3-1-4(14)10(18)7(9(3)17)8-11(19)5(15)2-6(16)12(8,20)21/h1-2,6,21H. The smallest absolute Gasteiger partial charge is 0.272 e. The molecule has 0 saturated heterocycles. The van der Waals surface area contributed by atoms with Crippen molar-refractivity contribution in [2.45, 2.75) is 12.0 Å². The SMILES string of the molecule is OC1(F)C(c2c(F)c(F)cc(F)c2F)=C(F)C(F)=CC1F. The molecule has 0 bridgehead atoms. The number of alkyl halides is 2. The number of allylic oxidation sites excluding steroid dienone is 2.